The second kappa shape index (κ2) is 9.06. The van der Waals surface area contributed by atoms with Gasteiger partial charge < -0.3 is 4.74 Å². The fraction of sp³-hybridized carbons (Fsp3) is 0.235. The van der Waals surface area contributed by atoms with Crippen LogP contribution in [0.5, 0.6) is 5.75 Å². The van der Waals surface area contributed by atoms with Gasteiger partial charge in [0.15, 0.2) is 5.75 Å². The van der Waals surface area contributed by atoms with E-state index in [4.69, 9.17) is 62.7 Å². The molecule has 29 heavy (non-hydrogen) atoms. The number of hydrogen-bond donors (Lipinski definition) is 1. The van der Waals surface area contributed by atoms with Gasteiger partial charge in [-0.2, -0.15) is 4.31 Å². The zero-order valence-corrected chi connectivity index (χ0v) is 19.1. The highest BCUT2D eigenvalue weighted by Gasteiger charge is 2.27. The fourth-order valence-electron chi connectivity index (χ4n) is 2.70. The summed E-state index contributed by atoms with van der Waals surface area (Å²) in [5, 5.41) is 1.81. The lowest BCUT2D eigenvalue weighted by Crippen LogP contribution is -2.27. The number of hydrogen-bond acceptors (Lipinski definition) is 4. The molecule has 2 aromatic carbocycles. The first-order chi connectivity index (χ1) is 13.6. The van der Waals surface area contributed by atoms with Crippen molar-refractivity contribution in [3.8, 4) is 5.75 Å². The van der Waals surface area contributed by atoms with Crippen LogP contribution in [0, 0.1) is 0 Å². The molecule has 1 amide bonds. The van der Waals surface area contributed by atoms with Crippen LogP contribution in [0.4, 0.5) is 10.5 Å². The Morgan fingerprint density at radius 3 is 1.86 bits per heavy atom. The van der Waals surface area contributed by atoms with Gasteiger partial charge in [0.25, 0.3) is 0 Å². The standard InChI is InChI=1S/C17H13Cl5N2O4S/c18-11-12(19)14(21)16(15(22)13(11)20)28-17(25)23-9-3-5-10(6-4-9)29(26,27)24-7-1-2-8-24/h3-6H,1-2,7-8H2,(H,23,25). The minimum atomic E-state index is -3.54. The second-order valence-corrected chi connectivity index (χ2v) is 9.88. The maximum absolute atomic E-state index is 12.5. The molecule has 0 saturated carbocycles. The van der Waals surface area contributed by atoms with Crippen molar-refractivity contribution in [1.82, 2.24) is 4.31 Å². The number of carbonyl (C=O) groups excluding carboxylic acids is 1. The van der Waals surface area contributed by atoms with Crippen molar-refractivity contribution in [3.63, 3.8) is 0 Å². The molecule has 0 unspecified atom stereocenters. The zero-order chi connectivity index (χ0) is 21.3. The second-order valence-electron chi connectivity index (χ2n) is 6.05. The van der Waals surface area contributed by atoms with E-state index in [0.717, 1.165) is 12.8 Å². The third-order valence-corrected chi connectivity index (χ3v) is 8.32. The molecule has 1 saturated heterocycles. The molecule has 0 atom stereocenters. The van der Waals surface area contributed by atoms with Gasteiger partial charge in [0.05, 0.1) is 20.0 Å². The van der Waals surface area contributed by atoms with Crippen LogP contribution in [0.2, 0.25) is 25.1 Å². The Labute approximate surface area is 192 Å². The lowest BCUT2D eigenvalue weighted by Gasteiger charge is -2.16. The van der Waals surface area contributed by atoms with Crippen LogP contribution in [0.15, 0.2) is 29.2 Å². The van der Waals surface area contributed by atoms with Crippen molar-refractivity contribution in [1.29, 1.82) is 0 Å². The maximum Gasteiger partial charge on any atom is 0.417 e. The molecule has 1 N–H and O–H groups in total. The summed E-state index contributed by atoms with van der Waals surface area (Å²) in [6.07, 6.45) is 0.752. The maximum atomic E-state index is 12.5. The van der Waals surface area contributed by atoms with Crippen LogP contribution in [0.3, 0.4) is 0 Å². The Kier molecular flexibility index (Phi) is 7.10. The number of carbonyl (C=O) groups is 1. The summed E-state index contributed by atoms with van der Waals surface area (Å²) in [6.45, 7) is 1.00. The van der Waals surface area contributed by atoms with E-state index < -0.39 is 16.1 Å². The van der Waals surface area contributed by atoms with Crippen LogP contribution < -0.4 is 10.1 Å². The van der Waals surface area contributed by atoms with Crippen LogP contribution in [-0.4, -0.2) is 31.9 Å². The van der Waals surface area contributed by atoms with Gasteiger partial charge in [0.2, 0.25) is 10.0 Å². The number of anilines is 1. The van der Waals surface area contributed by atoms with Gasteiger partial charge in [-0.25, -0.2) is 13.2 Å². The van der Waals surface area contributed by atoms with Crippen molar-refractivity contribution in [2.75, 3.05) is 18.4 Å². The molecule has 2 aromatic rings. The van der Waals surface area contributed by atoms with Gasteiger partial charge in [-0.05, 0) is 37.1 Å². The summed E-state index contributed by atoms with van der Waals surface area (Å²) in [4.78, 5) is 12.3. The molecule has 0 aromatic heterocycles. The summed E-state index contributed by atoms with van der Waals surface area (Å²) in [5.74, 6) is -0.251. The molecule has 1 fully saturated rings. The van der Waals surface area contributed by atoms with Crippen LogP contribution in [0.25, 0.3) is 0 Å². The zero-order valence-electron chi connectivity index (χ0n) is 14.5. The monoisotopic (exact) mass is 516 g/mol. The molecule has 12 heteroatoms. The highest BCUT2D eigenvalue weighted by Crippen LogP contribution is 2.48. The minimum absolute atomic E-state index is 0.0640. The number of halogens is 5. The predicted octanol–water partition coefficient (Wildman–Crippen LogP) is 6.35. The topological polar surface area (TPSA) is 75.7 Å². The van der Waals surface area contributed by atoms with Crippen molar-refractivity contribution in [3.05, 3.63) is 49.4 Å². The summed E-state index contributed by atoms with van der Waals surface area (Å²) in [5.41, 5.74) is 0.300. The summed E-state index contributed by atoms with van der Waals surface area (Å²) >= 11 is 29.8. The number of sulfonamides is 1. The van der Waals surface area contributed by atoms with E-state index in [2.05, 4.69) is 5.32 Å². The fourth-order valence-corrected chi connectivity index (χ4v) is 5.41. The number of ether oxygens (including phenoxy) is 1. The van der Waals surface area contributed by atoms with E-state index in [1.807, 2.05) is 0 Å². The molecule has 0 radical (unpaired) electrons. The van der Waals surface area contributed by atoms with Crippen molar-refractivity contribution in [2.24, 2.45) is 0 Å². The molecule has 156 valence electrons. The third kappa shape index (κ3) is 4.71. The molecule has 0 aliphatic carbocycles. The Balaban J connectivity index is 1.74. The van der Waals surface area contributed by atoms with E-state index in [1.54, 1.807) is 0 Å². The van der Waals surface area contributed by atoms with E-state index in [-0.39, 0.29) is 35.8 Å². The van der Waals surface area contributed by atoms with E-state index >= 15 is 0 Å². The van der Waals surface area contributed by atoms with Gasteiger partial charge in [0, 0.05) is 18.8 Å². The Hall–Kier alpha value is -0.930. The highest BCUT2D eigenvalue weighted by atomic mass is 35.5. The van der Waals surface area contributed by atoms with Gasteiger partial charge >= 0.3 is 6.09 Å². The van der Waals surface area contributed by atoms with E-state index in [0.29, 0.717) is 18.8 Å². The minimum Gasteiger partial charge on any atom is -0.407 e. The normalized spacial score (nSPS) is 14.8. The first kappa shape index (κ1) is 22.7. The first-order valence-corrected chi connectivity index (χ1v) is 11.6. The quantitative estimate of drug-likeness (QED) is 0.378. The number of benzene rings is 2. The molecule has 6 nitrogen and oxygen atoms in total. The van der Waals surface area contributed by atoms with Gasteiger partial charge in [0.1, 0.15) is 10.0 Å². The first-order valence-electron chi connectivity index (χ1n) is 8.23. The van der Waals surface area contributed by atoms with Crippen LogP contribution in [0.1, 0.15) is 12.8 Å². The number of rotatable bonds is 4. The number of nitrogens with zero attached hydrogens (tertiary/aromatic N) is 1. The number of nitrogens with one attached hydrogen (secondary N) is 1. The van der Waals surface area contributed by atoms with Crippen LogP contribution >= 0.6 is 58.0 Å². The smallest absolute Gasteiger partial charge is 0.407 e. The summed E-state index contributed by atoms with van der Waals surface area (Å²) in [7, 11) is -3.54. The van der Waals surface area contributed by atoms with E-state index in [1.165, 1.54) is 28.6 Å². The molecule has 0 spiro atoms. The SMILES string of the molecule is O=C(Nc1ccc(S(=O)(=O)N2CCCC2)cc1)Oc1c(Cl)c(Cl)c(Cl)c(Cl)c1Cl. The molecule has 1 heterocycles. The Bertz CT molecular complexity index is 1030. The molecular formula is C17H13Cl5N2O4S. The lowest BCUT2D eigenvalue weighted by molar-refractivity contribution is 0.215. The molecule has 0 bridgehead atoms. The van der Waals surface area contributed by atoms with Gasteiger partial charge in [-0.3, -0.25) is 5.32 Å². The molecular weight excluding hydrogens is 506 g/mol. The van der Waals surface area contributed by atoms with E-state index in [9.17, 15) is 13.2 Å². The highest BCUT2D eigenvalue weighted by molar-refractivity contribution is 7.89. The van der Waals surface area contributed by atoms with Crippen LogP contribution in [-0.2, 0) is 10.0 Å². The third-order valence-electron chi connectivity index (χ3n) is 4.17. The summed E-state index contributed by atoms with van der Waals surface area (Å²) in [6, 6.07) is 5.68. The largest absolute Gasteiger partial charge is 0.417 e. The molecule has 1 aliphatic heterocycles. The number of amides is 1. The van der Waals surface area contributed by atoms with Crippen molar-refractivity contribution >= 4 is 79.8 Å². The Morgan fingerprint density at radius 2 is 1.34 bits per heavy atom. The lowest BCUT2D eigenvalue weighted by atomic mass is 10.3. The van der Waals surface area contributed by atoms with Gasteiger partial charge in [-0.15, -0.1) is 0 Å². The predicted molar refractivity (Wildman–Crippen MR) is 116 cm³/mol. The van der Waals surface area contributed by atoms with Crippen molar-refractivity contribution in [2.45, 2.75) is 17.7 Å². The molecule has 1 aliphatic rings. The van der Waals surface area contributed by atoms with Crippen molar-refractivity contribution < 1.29 is 17.9 Å². The average molecular weight is 519 g/mol. The Morgan fingerprint density at radius 1 is 0.862 bits per heavy atom. The average Bonchev–Trinajstić information content (AvgIpc) is 3.24. The molecule has 3 rings (SSSR count). The van der Waals surface area contributed by atoms with Gasteiger partial charge in [-0.1, -0.05) is 58.0 Å². The summed E-state index contributed by atoms with van der Waals surface area (Å²) < 4.78 is 31.6.